The fraction of sp³-hybridized carbons (Fsp3) is 0.0909. The highest BCUT2D eigenvalue weighted by atomic mass is 35.5. The summed E-state index contributed by atoms with van der Waals surface area (Å²) in [5.41, 5.74) is 1.98. The maximum Gasteiger partial charge on any atom is 0.118 e. The highest BCUT2D eigenvalue weighted by Gasteiger charge is 1.97. The second-order valence-electron chi connectivity index (χ2n) is 2.82. The van der Waals surface area contributed by atoms with Crippen LogP contribution in [-0.4, -0.2) is 17.1 Å². The van der Waals surface area contributed by atoms with E-state index in [4.69, 9.17) is 4.74 Å². The molecule has 0 fully saturated rings. The van der Waals surface area contributed by atoms with Crippen LogP contribution in [0.3, 0.4) is 0 Å². The average Bonchev–Trinajstić information content (AvgIpc) is 2.30. The lowest BCUT2D eigenvalue weighted by molar-refractivity contribution is 0.415. The second-order valence-corrected chi connectivity index (χ2v) is 2.82. The lowest BCUT2D eigenvalue weighted by atomic mass is 10.1. The summed E-state index contributed by atoms with van der Waals surface area (Å²) in [7, 11) is 1.65. The molecule has 2 aromatic rings. The number of benzene rings is 1. The van der Waals surface area contributed by atoms with Gasteiger partial charge in [0.15, 0.2) is 0 Å². The third-order valence-electron chi connectivity index (χ3n) is 1.97. The normalized spacial score (nSPS) is 9.13. The van der Waals surface area contributed by atoms with E-state index in [0.717, 1.165) is 17.0 Å². The van der Waals surface area contributed by atoms with E-state index in [-0.39, 0.29) is 12.4 Å². The molecule has 0 unspecified atom stereocenters. The van der Waals surface area contributed by atoms with Gasteiger partial charge >= 0.3 is 0 Å². The summed E-state index contributed by atoms with van der Waals surface area (Å²) in [6.07, 6.45) is 3.27. The van der Waals surface area contributed by atoms with Crippen LogP contribution in [0.25, 0.3) is 11.3 Å². The average molecular weight is 223 g/mol. The standard InChI is InChI=1S/C11H10N2O.ClH/c1-14-10-4-2-9(3-5-10)11-6-7-12-8-13-11;/h2-8H,1H3;1H. The Balaban J connectivity index is 0.00000112. The van der Waals surface area contributed by atoms with Crippen molar-refractivity contribution in [2.24, 2.45) is 0 Å². The number of nitrogens with zero attached hydrogens (tertiary/aromatic N) is 2. The SMILES string of the molecule is COc1ccc(-c2ccncn2)cc1.Cl. The molecule has 0 aliphatic carbocycles. The Hall–Kier alpha value is -1.61. The van der Waals surface area contributed by atoms with Crippen molar-refractivity contribution in [3.63, 3.8) is 0 Å². The van der Waals surface area contributed by atoms with E-state index >= 15 is 0 Å². The summed E-state index contributed by atoms with van der Waals surface area (Å²) in [6.45, 7) is 0. The Kier molecular flexibility index (Phi) is 4.06. The van der Waals surface area contributed by atoms with Gasteiger partial charge in [0.1, 0.15) is 12.1 Å². The van der Waals surface area contributed by atoms with Crippen molar-refractivity contribution in [3.05, 3.63) is 42.9 Å². The zero-order valence-corrected chi connectivity index (χ0v) is 9.07. The molecule has 0 saturated carbocycles. The fourth-order valence-corrected chi connectivity index (χ4v) is 1.22. The molecule has 0 amide bonds. The maximum absolute atomic E-state index is 5.07. The van der Waals surface area contributed by atoms with Gasteiger partial charge in [0, 0.05) is 11.8 Å². The van der Waals surface area contributed by atoms with Gasteiger partial charge in [0.05, 0.1) is 12.8 Å². The number of hydrogen-bond donors (Lipinski definition) is 0. The third-order valence-corrected chi connectivity index (χ3v) is 1.97. The molecular formula is C11H11ClN2O. The molecule has 0 N–H and O–H groups in total. The molecule has 1 heterocycles. The van der Waals surface area contributed by atoms with Crippen LogP contribution in [0.1, 0.15) is 0 Å². The van der Waals surface area contributed by atoms with Gasteiger partial charge in [-0.25, -0.2) is 9.97 Å². The summed E-state index contributed by atoms with van der Waals surface area (Å²) in [6, 6.07) is 9.65. The summed E-state index contributed by atoms with van der Waals surface area (Å²) >= 11 is 0. The van der Waals surface area contributed by atoms with Crippen molar-refractivity contribution < 1.29 is 4.74 Å². The van der Waals surface area contributed by atoms with Crippen molar-refractivity contribution >= 4 is 12.4 Å². The molecular weight excluding hydrogens is 212 g/mol. The molecule has 78 valence electrons. The zero-order chi connectivity index (χ0) is 9.80. The van der Waals surface area contributed by atoms with Crippen LogP contribution in [0.4, 0.5) is 0 Å². The first-order chi connectivity index (χ1) is 6.90. The zero-order valence-electron chi connectivity index (χ0n) is 8.25. The lowest BCUT2D eigenvalue weighted by Crippen LogP contribution is -1.85. The maximum atomic E-state index is 5.07. The van der Waals surface area contributed by atoms with E-state index in [1.54, 1.807) is 19.6 Å². The molecule has 0 bridgehead atoms. The van der Waals surface area contributed by atoms with Crippen LogP contribution < -0.4 is 4.74 Å². The lowest BCUT2D eigenvalue weighted by Gasteiger charge is -2.01. The van der Waals surface area contributed by atoms with Gasteiger partial charge in [-0.05, 0) is 30.3 Å². The number of halogens is 1. The van der Waals surface area contributed by atoms with E-state index < -0.39 is 0 Å². The summed E-state index contributed by atoms with van der Waals surface area (Å²) < 4.78 is 5.07. The monoisotopic (exact) mass is 222 g/mol. The molecule has 3 nitrogen and oxygen atoms in total. The summed E-state index contributed by atoms with van der Waals surface area (Å²) in [4.78, 5) is 8.02. The first kappa shape index (κ1) is 11.5. The van der Waals surface area contributed by atoms with Crippen LogP contribution in [0, 0.1) is 0 Å². The van der Waals surface area contributed by atoms with Crippen LogP contribution in [-0.2, 0) is 0 Å². The van der Waals surface area contributed by atoms with E-state index in [1.165, 1.54) is 0 Å². The highest BCUT2D eigenvalue weighted by molar-refractivity contribution is 5.85. The molecule has 4 heteroatoms. The largest absolute Gasteiger partial charge is 0.497 e. The summed E-state index contributed by atoms with van der Waals surface area (Å²) in [5, 5.41) is 0. The molecule has 0 aliphatic rings. The molecule has 15 heavy (non-hydrogen) atoms. The van der Waals surface area contributed by atoms with Gasteiger partial charge in [-0.1, -0.05) is 0 Å². The Labute approximate surface area is 94.6 Å². The smallest absolute Gasteiger partial charge is 0.118 e. The van der Waals surface area contributed by atoms with E-state index in [9.17, 15) is 0 Å². The minimum Gasteiger partial charge on any atom is -0.497 e. The van der Waals surface area contributed by atoms with Gasteiger partial charge in [0.2, 0.25) is 0 Å². The highest BCUT2D eigenvalue weighted by Crippen LogP contribution is 2.19. The van der Waals surface area contributed by atoms with Crippen LogP contribution >= 0.6 is 12.4 Å². The molecule has 1 aromatic carbocycles. The van der Waals surface area contributed by atoms with E-state index in [2.05, 4.69) is 9.97 Å². The van der Waals surface area contributed by atoms with Crippen molar-refractivity contribution in [1.82, 2.24) is 9.97 Å². The first-order valence-corrected chi connectivity index (χ1v) is 4.30. The number of rotatable bonds is 2. The molecule has 0 radical (unpaired) electrons. The van der Waals surface area contributed by atoms with Crippen molar-refractivity contribution in [2.75, 3.05) is 7.11 Å². The topological polar surface area (TPSA) is 35.0 Å². The van der Waals surface area contributed by atoms with Gasteiger partial charge in [-0.3, -0.25) is 0 Å². The molecule has 0 aliphatic heterocycles. The number of ether oxygens (including phenoxy) is 1. The molecule has 2 rings (SSSR count). The molecule has 1 aromatic heterocycles. The minimum atomic E-state index is 0. The predicted molar refractivity (Wildman–Crippen MR) is 61.3 cm³/mol. The fourth-order valence-electron chi connectivity index (χ4n) is 1.22. The Bertz CT molecular complexity index is 403. The first-order valence-electron chi connectivity index (χ1n) is 4.30. The second kappa shape index (κ2) is 5.32. The molecule has 0 atom stereocenters. The number of methoxy groups -OCH3 is 1. The minimum absolute atomic E-state index is 0. The molecule has 0 spiro atoms. The van der Waals surface area contributed by atoms with Gasteiger partial charge in [0.25, 0.3) is 0 Å². The van der Waals surface area contributed by atoms with Crippen LogP contribution in [0.2, 0.25) is 0 Å². The summed E-state index contributed by atoms with van der Waals surface area (Å²) in [5.74, 6) is 0.850. The number of hydrogen-bond acceptors (Lipinski definition) is 3. The Morgan fingerprint density at radius 3 is 2.33 bits per heavy atom. The van der Waals surface area contributed by atoms with E-state index in [1.807, 2.05) is 30.3 Å². The predicted octanol–water partition coefficient (Wildman–Crippen LogP) is 2.57. The van der Waals surface area contributed by atoms with E-state index in [0.29, 0.717) is 0 Å². The van der Waals surface area contributed by atoms with Crippen molar-refractivity contribution in [2.45, 2.75) is 0 Å². The van der Waals surface area contributed by atoms with Crippen LogP contribution in [0.5, 0.6) is 5.75 Å². The van der Waals surface area contributed by atoms with Gasteiger partial charge < -0.3 is 4.74 Å². The van der Waals surface area contributed by atoms with Gasteiger partial charge in [-0.2, -0.15) is 0 Å². The van der Waals surface area contributed by atoms with Crippen LogP contribution in [0.15, 0.2) is 42.9 Å². The quantitative estimate of drug-likeness (QED) is 0.784. The van der Waals surface area contributed by atoms with Gasteiger partial charge in [-0.15, -0.1) is 12.4 Å². The van der Waals surface area contributed by atoms with Crippen molar-refractivity contribution in [1.29, 1.82) is 0 Å². The Morgan fingerprint density at radius 2 is 1.80 bits per heavy atom. The number of aromatic nitrogens is 2. The van der Waals surface area contributed by atoms with Crippen molar-refractivity contribution in [3.8, 4) is 17.0 Å². The third kappa shape index (κ3) is 2.67. The molecule has 0 saturated heterocycles. The Morgan fingerprint density at radius 1 is 1.07 bits per heavy atom.